The number of ether oxygens (including phenoxy) is 8. The number of nitrogens with zero attached hydrogens (tertiary/aromatic N) is 2. The highest BCUT2D eigenvalue weighted by atomic mass is 16.8. The summed E-state index contributed by atoms with van der Waals surface area (Å²) >= 11 is 0. The van der Waals surface area contributed by atoms with Crippen LogP contribution in [0, 0.1) is 5.92 Å². The molecule has 6 rings (SSSR count). The fraction of sp³-hybridized carbons (Fsp3) is 0.619. The number of nitrogens with one attached hydrogen (secondary N) is 2. The third-order valence-electron chi connectivity index (χ3n) is 11.0. The van der Waals surface area contributed by atoms with E-state index in [2.05, 4.69) is 17.6 Å². The molecule has 4 aliphatic heterocycles. The van der Waals surface area contributed by atoms with Gasteiger partial charge in [0.25, 0.3) is 11.5 Å². The Morgan fingerprint density at radius 1 is 1.08 bits per heavy atom. The first-order chi connectivity index (χ1) is 29.2. The van der Waals surface area contributed by atoms with Crippen molar-refractivity contribution in [3.8, 4) is 5.75 Å². The Kier molecular flexibility index (Phi) is 15.2. The van der Waals surface area contributed by atoms with Gasteiger partial charge in [-0.15, -0.1) is 0 Å². The first kappa shape index (κ1) is 45.6. The van der Waals surface area contributed by atoms with Crippen LogP contribution < -0.4 is 32.4 Å². The van der Waals surface area contributed by atoms with E-state index in [9.17, 15) is 28.8 Å². The lowest BCUT2D eigenvalue weighted by Gasteiger charge is -2.34. The third-order valence-corrected chi connectivity index (χ3v) is 11.0. The van der Waals surface area contributed by atoms with Gasteiger partial charge >= 0.3 is 5.69 Å². The molecule has 1 aromatic carbocycles. The minimum atomic E-state index is -1.74. The van der Waals surface area contributed by atoms with Crippen molar-refractivity contribution in [3.63, 3.8) is 0 Å². The molecule has 0 unspecified atom stereocenters. The number of hydrogen-bond acceptors (Lipinski definition) is 14. The van der Waals surface area contributed by atoms with Crippen LogP contribution in [-0.2, 0) is 65.7 Å². The Balaban J connectivity index is 1.26. The van der Waals surface area contributed by atoms with Crippen LogP contribution in [-0.4, -0.2) is 102 Å². The van der Waals surface area contributed by atoms with Gasteiger partial charge in [0.1, 0.15) is 43.1 Å². The summed E-state index contributed by atoms with van der Waals surface area (Å²) in [6.45, 7) is 7.08. The fourth-order valence-corrected chi connectivity index (χ4v) is 7.88. The second kappa shape index (κ2) is 20.3. The van der Waals surface area contributed by atoms with E-state index in [1.54, 1.807) is 45.2 Å². The van der Waals surface area contributed by atoms with E-state index in [1.807, 2.05) is 6.92 Å². The summed E-state index contributed by atoms with van der Waals surface area (Å²) in [6.07, 6.45) is -0.766. The monoisotopic (exact) mass is 855 g/mol. The number of rotatable bonds is 19. The van der Waals surface area contributed by atoms with Crippen molar-refractivity contribution in [2.75, 3.05) is 13.7 Å². The van der Waals surface area contributed by atoms with Crippen LogP contribution >= 0.6 is 0 Å². The van der Waals surface area contributed by atoms with Gasteiger partial charge in [-0.05, 0) is 70.2 Å². The smallest absolute Gasteiger partial charge is 0.335 e. The molecule has 0 aliphatic carbocycles. The number of methoxy groups -OCH3 is 1. The molecule has 0 radical (unpaired) electrons. The molecule has 19 nitrogen and oxygen atoms in total. The molecule has 3 fully saturated rings. The number of carbonyl (C=O) groups is 4. The largest absolute Gasteiger partial charge is 0.497 e. The molecule has 3 amide bonds. The molecule has 61 heavy (non-hydrogen) atoms. The number of fused-ring (bicyclic) bond motifs is 1. The summed E-state index contributed by atoms with van der Waals surface area (Å²) in [5.74, 6) is -4.14. The highest BCUT2D eigenvalue weighted by Crippen LogP contribution is 2.40. The van der Waals surface area contributed by atoms with E-state index in [0.717, 1.165) is 46.4 Å². The Morgan fingerprint density at radius 2 is 1.85 bits per heavy atom. The molecule has 334 valence electrons. The summed E-state index contributed by atoms with van der Waals surface area (Å²) in [7, 11) is 1.55. The molecule has 3 saturated heterocycles. The maximum atomic E-state index is 14.0. The van der Waals surface area contributed by atoms with E-state index < -0.39 is 90.6 Å². The molecule has 1 aromatic heterocycles. The van der Waals surface area contributed by atoms with Gasteiger partial charge in [0.05, 0.1) is 19.6 Å². The number of unbranched alkanes of at least 4 members (excludes halogenated alkanes) is 3. The standard InChI is InChI=1S/C42H57N5O14/c1-6-7-8-9-19-56-33-27(21-48)32(58-39(33)46-18-17-31(49)47(41(46)53)23-55-22-25-13-15-26(54-5)16-14-25)35(36(43)50)59-40-34-29(60-42(3,4)61-34)20-30(57-40)38(52)45-28-12-10-11-24(2)44-37(28)51/h13-18,20-21,24,27-29,32-35,39-40H,6-12,19,22-23H2,1-5H3,(H2,43,50)(H,44,51)(H,45,52)/t24-,27-,28+,29+,32+,33-,34+,35-,39-,40-/m1/s1. The lowest BCUT2D eigenvalue weighted by Crippen LogP contribution is -2.53. The third kappa shape index (κ3) is 10.9. The van der Waals surface area contributed by atoms with Crippen LogP contribution in [0.3, 0.4) is 0 Å². The topological polar surface area (TPSA) is 236 Å². The molecule has 10 atom stereocenters. The van der Waals surface area contributed by atoms with Crippen LogP contribution in [0.15, 0.2) is 58.0 Å². The molecule has 4 N–H and O–H groups in total. The average Bonchev–Trinajstić information content (AvgIpc) is 3.69. The van der Waals surface area contributed by atoms with E-state index in [-0.39, 0.29) is 30.9 Å². The Morgan fingerprint density at radius 3 is 2.56 bits per heavy atom. The molecule has 0 spiro atoms. The predicted molar refractivity (Wildman–Crippen MR) is 214 cm³/mol. The second-order valence-electron chi connectivity index (χ2n) is 16.1. The molecule has 5 heterocycles. The lowest BCUT2D eigenvalue weighted by molar-refractivity contribution is -0.238. The molecule has 19 heteroatoms. The van der Waals surface area contributed by atoms with Crippen molar-refractivity contribution < 1.29 is 57.1 Å². The summed E-state index contributed by atoms with van der Waals surface area (Å²) < 4.78 is 50.0. The first-order valence-corrected chi connectivity index (χ1v) is 20.8. The van der Waals surface area contributed by atoms with Crippen molar-refractivity contribution >= 4 is 24.0 Å². The van der Waals surface area contributed by atoms with Crippen LogP contribution in [0.5, 0.6) is 5.75 Å². The maximum Gasteiger partial charge on any atom is 0.335 e. The molecular formula is C42H57N5O14. The highest BCUT2D eigenvalue weighted by Gasteiger charge is 2.55. The Bertz CT molecular complexity index is 2020. The van der Waals surface area contributed by atoms with Crippen molar-refractivity contribution in [3.05, 3.63) is 74.8 Å². The Hall–Kier alpha value is -4.92. The quantitative estimate of drug-likeness (QED) is 0.135. The number of benzene rings is 1. The van der Waals surface area contributed by atoms with Gasteiger partial charge in [-0.1, -0.05) is 38.3 Å². The predicted octanol–water partition coefficient (Wildman–Crippen LogP) is 1.68. The van der Waals surface area contributed by atoms with E-state index in [0.29, 0.717) is 31.3 Å². The van der Waals surface area contributed by atoms with Gasteiger partial charge in [0.2, 0.25) is 18.1 Å². The molecular weight excluding hydrogens is 798 g/mol. The van der Waals surface area contributed by atoms with Gasteiger partial charge in [-0.3, -0.25) is 23.7 Å². The number of carbonyl (C=O) groups excluding carboxylic acids is 4. The Labute approximate surface area is 353 Å². The molecule has 2 aromatic rings. The number of amides is 3. The van der Waals surface area contributed by atoms with Gasteiger partial charge < -0.3 is 59.1 Å². The molecule has 4 aliphatic rings. The summed E-state index contributed by atoms with van der Waals surface area (Å²) in [4.78, 5) is 80.0. The zero-order valence-electron chi connectivity index (χ0n) is 35.2. The zero-order chi connectivity index (χ0) is 43.8. The van der Waals surface area contributed by atoms with Crippen molar-refractivity contribution in [2.24, 2.45) is 11.7 Å². The summed E-state index contributed by atoms with van der Waals surface area (Å²) in [5, 5.41) is 5.59. The summed E-state index contributed by atoms with van der Waals surface area (Å²) in [5.41, 5.74) is 5.26. The molecule has 0 saturated carbocycles. The highest BCUT2D eigenvalue weighted by molar-refractivity contribution is 5.95. The number of primary amides is 1. The van der Waals surface area contributed by atoms with Crippen LogP contribution in [0.1, 0.15) is 84.4 Å². The van der Waals surface area contributed by atoms with Crippen LogP contribution in [0.25, 0.3) is 0 Å². The van der Waals surface area contributed by atoms with E-state index in [4.69, 9.17) is 43.6 Å². The minimum Gasteiger partial charge on any atom is -0.497 e. The first-order valence-electron chi connectivity index (χ1n) is 20.8. The minimum absolute atomic E-state index is 0.0519. The molecule has 0 bridgehead atoms. The zero-order valence-corrected chi connectivity index (χ0v) is 35.2. The normalized spacial score (nSPS) is 28.7. The number of aromatic nitrogens is 2. The van der Waals surface area contributed by atoms with Gasteiger partial charge in [0, 0.05) is 24.9 Å². The van der Waals surface area contributed by atoms with Crippen LogP contribution in [0.4, 0.5) is 0 Å². The van der Waals surface area contributed by atoms with Crippen molar-refractivity contribution in [2.45, 2.75) is 147 Å². The van der Waals surface area contributed by atoms with Crippen LogP contribution in [0.2, 0.25) is 0 Å². The van der Waals surface area contributed by atoms with Crippen molar-refractivity contribution in [1.29, 1.82) is 0 Å². The van der Waals surface area contributed by atoms with E-state index >= 15 is 0 Å². The second-order valence-corrected chi connectivity index (χ2v) is 16.1. The van der Waals surface area contributed by atoms with Gasteiger partial charge in [-0.2, -0.15) is 0 Å². The SMILES string of the molecule is CCCCCCO[C@@H]1[C@H](C=O)[C@@H]([C@@H](O[C@H]2OC(C(=O)N[C@H]3CCC[C@@H](C)NC3=O)=C[C@@H]3OC(C)(C)O[C@H]23)C(N)=O)O[C@H]1n1ccc(=O)n(COCc2ccc(OC)cc2)c1=O. The fourth-order valence-electron chi connectivity index (χ4n) is 7.88. The van der Waals surface area contributed by atoms with Crippen molar-refractivity contribution in [1.82, 2.24) is 19.8 Å². The van der Waals surface area contributed by atoms with Gasteiger partial charge in [-0.25, -0.2) is 9.36 Å². The summed E-state index contributed by atoms with van der Waals surface area (Å²) in [6, 6.07) is 7.35. The number of aldehydes is 1. The van der Waals surface area contributed by atoms with Gasteiger partial charge in [0.15, 0.2) is 30.0 Å². The average molecular weight is 856 g/mol. The number of hydrogen-bond donors (Lipinski definition) is 3. The lowest BCUT2D eigenvalue weighted by atomic mass is 9.95. The number of nitrogens with two attached hydrogens (primary N) is 1. The maximum absolute atomic E-state index is 14.0. The van der Waals surface area contributed by atoms with E-state index in [1.165, 1.54) is 12.3 Å².